The summed E-state index contributed by atoms with van der Waals surface area (Å²) in [5.74, 6) is 0.452. The minimum atomic E-state index is -3.99. The third-order valence-electron chi connectivity index (χ3n) is 14.3. The molecular formula is C43H58ClN5O6S. The second-order valence-corrected chi connectivity index (χ2v) is 20.1. The normalized spacial score (nSPS) is 34.2. The molecule has 4 aliphatic heterocycles. The number of hydrogen-bond acceptors (Lipinski definition) is 9. The Morgan fingerprint density at radius 2 is 1.88 bits per heavy atom. The molecule has 8 rings (SSSR count). The van der Waals surface area contributed by atoms with Crippen molar-refractivity contribution in [1.29, 1.82) is 0 Å². The van der Waals surface area contributed by atoms with Crippen molar-refractivity contribution >= 4 is 39.1 Å². The molecule has 0 aromatic heterocycles. The molecule has 11 nitrogen and oxygen atoms in total. The number of nitrogens with one attached hydrogen (secondary N) is 1. The van der Waals surface area contributed by atoms with E-state index in [4.69, 9.17) is 21.1 Å². The monoisotopic (exact) mass is 807 g/mol. The summed E-state index contributed by atoms with van der Waals surface area (Å²) in [4.78, 5) is 35.5. The van der Waals surface area contributed by atoms with Crippen molar-refractivity contribution in [1.82, 2.24) is 19.4 Å². The summed E-state index contributed by atoms with van der Waals surface area (Å²) in [5, 5.41) is -0.0679. The summed E-state index contributed by atoms with van der Waals surface area (Å²) in [6.07, 6.45) is 9.89. The van der Waals surface area contributed by atoms with Crippen LogP contribution in [-0.4, -0.2) is 124 Å². The fourth-order valence-electron chi connectivity index (χ4n) is 10.6. The minimum absolute atomic E-state index is 0.132. The van der Waals surface area contributed by atoms with Crippen LogP contribution in [0.2, 0.25) is 5.02 Å². The Morgan fingerprint density at radius 1 is 1.05 bits per heavy atom. The van der Waals surface area contributed by atoms with Crippen LogP contribution in [0.15, 0.2) is 48.6 Å². The lowest BCUT2D eigenvalue weighted by Gasteiger charge is -2.53. The Kier molecular flexibility index (Phi) is 11.0. The Balaban J connectivity index is 1.17. The van der Waals surface area contributed by atoms with Crippen LogP contribution < -0.4 is 14.4 Å². The van der Waals surface area contributed by atoms with Gasteiger partial charge in [-0.1, -0.05) is 36.7 Å². The van der Waals surface area contributed by atoms with E-state index in [1.165, 1.54) is 11.1 Å². The largest absolute Gasteiger partial charge is 0.490 e. The molecule has 2 aromatic rings. The minimum Gasteiger partial charge on any atom is -0.490 e. The molecule has 0 unspecified atom stereocenters. The van der Waals surface area contributed by atoms with Gasteiger partial charge in [-0.25, -0.2) is 13.1 Å². The van der Waals surface area contributed by atoms with Crippen molar-refractivity contribution in [3.05, 3.63) is 70.3 Å². The van der Waals surface area contributed by atoms with Gasteiger partial charge in [-0.2, -0.15) is 0 Å². The zero-order valence-corrected chi connectivity index (χ0v) is 34.9. The number of piperazine rings is 2. The molecule has 6 aliphatic rings. The molecule has 2 aliphatic carbocycles. The number of hydrogen-bond donors (Lipinski definition) is 1. The summed E-state index contributed by atoms with van der Waals surface area (Å²) >= 11 is 6.52. The third-order valence-corrected chi connectivity index (χ3v) is 16.5. The molecule has 7 atom stereocenters. The van der Waals surface area contributed by atoms with E-state index in [1.807, 2.05) is 37.1 Å². The predicted octanol–water partition coefficient (Wildman–Crippen LogP) is 5.12. The van der Waals surface area contributed by atoms with E-state index in [1.54, 1.807) is 19.9 Å². The van der Waals surface area contributed by atoms with E-state index in [2.05, 4.69) is 43.7 Å². The molecule has 2 saturated heterocycles. The van der Waals surface area contributed by atoms with Crippen molar-refractivity contribution in [3.63, 3.8) is 0 Å². The second-order valence-electron chi connectivity index (χ2n) is 17.6. The average molecular weight is 808 g/mol. The van der Waals surface area contributed by atoms with Gasteiger partial charge in [0.05, 0.1) is 17.5 Å². The van der Waals surface area contributed by atoms with Gasteiger partial charge in [0.1, 0.15) is 11.4 Å². The van der Waals surface area contributed by atoms with Crippen LogP contribution in [0, 0.1) is 17.8 Å². The molecular weight excluding hydrogens is 750 g/mol. The fraction of sp³-hybridized carbons (Fsp3) is 0.628. The molecule has 2 aromatic carbocycles. The number of rotatable bonds is 3. The molecule has 1 N–H and O–H groups in total. The number of sulfonamides is 1. The van der Waals surface area contributed by atoms with Crippen molar-refractivity contribution < 1.29 is 27.5 Å². The zero-order chi connectivity index (χ0) is 39.4. The number of benzene rings is 2. The summed E-state index contributed by atoms with van der Waals surface area (Å²) in [6.45, 7) is 13.1. The maximum absolute atomic E-state index is 13.7. The van der Waals surface area contributed by atoms with Crippen LogP contribution in [0.3, 0.4) is 0 Å². The van der Waals surface area contributed by atoms with Crippen molar-refractivity contribution in [2.45, 2.75) is 81.6 Å². The van der Waals surface area contributed by atoms with Gasteiger partial charge in [-0.15, -0.1) is 0 Å². The molecule has 3 fully saturated rings. The number of methoxy groups -OCH3 is 1. The number of ether oxygens (including phenoxy) is 2. The Labute approximate surface area is 337 Å². The maximum Gasteiger partial charge on any atom is 0.264 e. The Morgan fingerprint density at radius 3 is 2.64 bits per heavy atom. The van der Waals surface area contributed by atoms with Crippen LogP contribution in [0.25, 0.3) is 0 Å². The standard InChI is InChI=1S/C43H58ClN5O6S/c1-29-7-5-16-43(54-4,27-46-17-18-47-19-20-48(31(3)50)25-36(47)24-46)38-12-9-34(38)23-49-26-42(15-6-8-32-21-35(44)11-13-37(32)42)28-55-40-14-10-33(22-39(40)49)41(51)45-56(52,53)30(29)2/h5,10-11,13-14,16,21-22,29-30,34,36,38H,6-9,12,15,17-20,23-28H2,1-4H3,(H,45,51)/b16-5+/t29-,30+,34-,36+,38+,42-,43-/m0/s1. The molecule has 2 amide bonds. The summed E-state index contributed by atoms with van der Waals surface area (Å²) in [7, 11) is -2.15. The van der Waals surface area contributed by atoms with Crippen molar-refractivity contribution in [3.8, 4) is 5.75 Å². The van der Waals surface area contributed by atoms with Crippen LogP contribution in [0.4, 0.5) is 5.69 Å². The van der Waals surface area contributed by atoms with Gasteiger partial charge in [0, 0.05) is 95.0 Å². The van der Waals surface area contributed by atoms with Crippen LogP contribution >= 0.6 is 11.6 Å². The second kappa shape index (κ2) is 15.5. The molecule has 2 bridgehead atoms. The first kappa shape index (κ1) is 39.7. The number of amides is 2. The fourth-order valence-corrected chi connectivity index (χ4v) is 12.1. The summed E-state index contributed by atoms with van der Waals surface area (Å²) in [6, 6.07) is 11.9. The number of halogens is 1. The number of anilines is 1. The molecule has 56 heavy (non-hydrogen) atoms. The van der Waals surface area contributed by atoms with E-state index in [9.17, 15) is 18.0 Å². The molecule has 1 saturated carbocycles. The van der Waals surface area contributed by atoms with Gasteiger partial charge in [0.15, 0.2) is 0 Å². The van der Waals surface area contributed by atoms with Gasteiger partial charge in [-0.05, 0) is 105 Å². The number of carbonyl (C=O) groups excluding carboxylic acids is 2. The quantitative estimate of drug-likeness (QED) is 0.423. The van der Waals surface area contributed by atoms with Crippen molar-refractivity contribution in [2.75, 3.05) is 77.5 Å². The average Bonchev–Trinajstić information content (AvgIpc) is 3.31. The Bertz CT molecular complexity index is 1980. The van der Waals surface area contributed by atoms with Crippen LogP contribution in [0.5, 0.6) is 5.75 Å². The number of allylic oxidation sites excluding steroid dienone is 1. The van der Waals surface area contributed by atoms with Gasteiger partial charge in [-0.3, -0.25) is 19.4 Å². The van der Waals surface area contributed by atoms with Gasteiger partial charge in [0.2, 0.25) is 15.9 Å². The first-order valence-corrected chi connectivity index (χ1v) is 22.5. The SMILES string of the molecule is CO[C@]1(CN2CCN3CCN(C(C)=O)C[C@H]3C2)/C=C/C[C@H](C)[C@@H](C)S(=O)(=O)NC(=O)c2ccc3c(c2)N(C[C@@H]2CC[C@H]21)C[C@@]1(CCCc2cc(Cl)ccc21)CO3. The highest BCUT2D eigenvalue weighted by molar-refractivity contribution is 7.90. The Hall–Kier alpha value is -3.16. The van der Waals surface area contributed by atoms with Gasteiger partial charge < -0.3 is 19.3 Å². The summed E-state index contributed by atoms with van der Waals surface area (Å²) in [5.41, 5.74) is 2.74. The van der Waals surface area contributed by atoms with E-state index in [-0.39, 0.29) is 29.2 Å². The first-order chi connectivity index (χ1) is 26.8. The lowest BCUT2D eigenvalue weighted by Crippen LogP contribution is -2.65. The molecule has 1 spiro atoms. The smallest absolute Gasteiger partial charge is 0.264 e. The summed E-state index contributed by atoms with van der Waals surface area (Å²) < 4.78 is 43.2. The lowest BCUT2D eigenvalue weighted by molar-refractivity contribution is -0.134. The zero-order valence-electron chi connectivity index (χ0n) is 33.3. The highest BCUT2D eigenvalue weighted by Crippen LogP contribution is 2.49. The highest BCUT2D eigenvalue weighted by atomic mass is 35.5. The number of carbonyl (C=O) groups is 2. The third kappa shape index (κ3) is 7.49. The molecule has 4 heterocycles. The number of nitrogens with zero attached hydrogens (tertiary/aromatic N) is 4. The van der Waals surface area contributed by atoms with Crippen LogP contribution in [0.1, 0.15) is 74.4 Å². The van der Waals surface area contributed by atoms with Gasteiger partial charge >= 0.3 is 0 Å². The topological polar surface area (TPSA) is 112 Å². The number of aryl methyl sites for hydroxylation is 1. The van der Waals surface area contributed by atoms with Crippen molar-refractivity contribution in [2.24, 2.45) is 17.8 Å². The van der Waals surface area contributed by atoms with E-state index >= 15 is 0 Å². The maximum atomic E-state index is 13.7. The molecule has 0 radical (unpaired) electrons. The lowest BCUT2D eigenvalue weighted by atomic mass is 9.63. The van der Waals surface area contributed by atoms with E-state index in [0.717, 1.165) is 88.6 Å². The van der Waals surface area contributed by atoms with Gasteiger partial charge in [0.25, 0.3) is 5.91 Å². The predicted molar refractivity (Wildman–Crippen MR) is 219 cm³/mol. The number of fused-ring (bicyclic) bond motifs is 5. The molecule has 304 valence electrons. The molecule has 13 heteroatoms. The first-order valence-electron chi connectivity index (χ1n) is 20.6. The van der Waals surface area contributed by atoms with Crippen LogP contribution in [-0.2, 0) is 31.4 Å². The van der Waals surface area contributed by atoms with E-state index in [0.29, 0.717) is 43.3 Å². The van der Waals surface area contributed by atoms with E-state index < -0.39 is 26.8 Å². The highest BCUT2D eigenvalue weighted by Gasteiger charge is 2.50.